The Labute approximate surface area is 97.3 Å². The van der Waals surface area contributed by atoms with Gasteiger partial charge in [0.1, 0.15) is 5.15 Å². The number of fused-ring (bicyclic) bond motifs is 1. The van der Waals surface area contributed by atoms with Gasteiger partial charge in [-0.15, -0.1) is 0 Å². The zero-order valence-electron chi connectivity index (χ0n) is 8.26. The topological polar surface area (TPSA) is 30.7 Å². The molecule has 0 N–H and O–H groups in total. The first-order valence-corrected chi connectivity index (χ1v) is 5.19. The molecular weight excluding hydrogens is 222 g/mol. The third-order valence-corrected chi connectivity index (χ3v) is 2.59. The van der Waals surface area contributed by atoms with Crippen molar-refractivity contribution in [2.24, 2.45) is 0 Å². The van der Waals surface area contributed by atoms with E-state index in [4.69, 9.17) is 11.6 Å². The molecule has 0 atom stereocenters. The van der Waals surface area contributed by atoms with E-state index < -0.39 is 0 Å². The molecule has 4 heteroatoms. The van der Waals surface area contributed by atoms with E-state index >= 15 is 0 Å². The Balaban J connectivity index is 2.22. The third-order valence-electron chi connectivity index (χ3n) is 2.36. The van der Waals surface area contributed by atoms with E-state index in [1.807, 2.05) is 34.9 Å². The summed E-state index contributed by atoms with van der Waals surface area (Å²) in [5.41, 5.74) is 2.82. The summed E-state index contributed by atoms with van der Waals surface area (Å²) in [7, 11) is 0. The fourth-order valence-electron chi connectivity index (χ4n) is 1.60. The number of benzene rings is 1. The molecule has 1 radical (unpaired) electrons. The lowest BCUT2D eigenvalue weighted by Crippen LogP contribution is -1.92. The van der Waals surface area contributed by atoms with Gasteiger partial charge in [0.05, 0.1) is 22.9 Å². The van der Waals surface area contributed by atoms with Crippen LogP contribution in [0.25, 0.3) is 16.7 Å². The molecule has 0 saturated carbocycles. The van der Waals surface area contributed by atoms with Crippen molar-refractivity contribution in [3.63, 3.8) is 0 Å². The number of hydrogen-bond donors (Lipinski definition) is 0. The number of pyridine rings is 1. The van der Waals surface area contributed by atoms with Crippen LogP contribution in [0, 0.1) is 6.33 Å². The molecule has 2 aromatic heterocycles. The van der Waals surface area contributed by atoms with Crippen LogP contribution in [0.2, 0.25) is 5.15 Å². The normalized spacial score (nSPS) is 10.8. The molecule has 0 bridgehead atoms. The van der Waals surface area contributed by atoms with Gasteiger partial charge in [-0.3, -0.25) is 4.57 Å². The fraction of sp³-hybridized carbons (Fsp3) is 0. The van der Waals surface area contributed by atoms with Gasteiger partial charge < -0.3 is 0 Å². The number of imidazole rings is 1. The molecule has 77 valence electrons. The molecule has 0 aliphatic carbocycles. The summed E-state index contributed by atoms with van der Waals surface area (Å²) in [5, 5.41) is 0.480. The van der Waals surface area contributed by atoms with Crippen molar-refractivity contribution in [2.75, 3.05) is 0 Å². The summed E-state index contributed by atoms with van der Waals surface area (Å²) in [6.07, 6.45) is 4.63. The maximum Gasteiger partial charge on any atom is 0.182 e. The summed E-state index contributed by atoms with van der Waals surface area (Å²) < 4.78 is 1.86. The minimum absolute atomic E-state index is 0.480. The Kier molecular flexibility index (Phi) is 2.11. The Morgan fingerprint density at radius 2 is 2.00 bits per heavy atom. The quantitative estimate of drug-likeness (QED) is 0.600. The van der Waals surface area contributed by atoms with Crippen molar-refractivity contribution in [3.05, 3.63) is 54.1 Å². The highest BCUT2D eigenvalue weighted by atomic mass is 35.5. The summed E-state index contributed by atoms with van der Waals surface area (Å²) in [5.74, 6) is 0. The summed E-state index contributed by atoms with van der Waals surface area (Å²) in [6, 6.07) is 11.5. The molecule has 0 aliphatic rings. The average Bonchev–Trinajstić information content (AvgIpc) is 2.74. The van der Waals surface area contributed by atoms with E-state index in [2.05, 4.69) is 16.3 Å². The van der Waals surface area contributed by atoms with Gasteiger partial charge in [0.25, 0.3) is 0 Å². The number of halogens is 1. The Morgan fingerprint density at radius 1 is 1.12 bits per heavy atom. The van der Waals surface area contributed by atoms with Crippen LogP contribution in [0.15, 0.2) is 42.6 Å². The van der Waals surface area contributed by atoms with E-state index in [1.165, 1.54) is 0 Å². The van der Waals surface area contributed by atoms with Crippen LogP contribution in [0.3, 0.4) is 0 Å². The van der Waals surface area contributed by atoms with Gasteiger partial charge in [0.15, 0.2) is 6.33 Å². The largest absolute Gasteiger partial charge is 0.288 e. The smallest absolute Gasteiger partial charge is 0.182 e. The van der Waals surface area contributed by atoms with Crippen LogP contribution in [-0.2, 0) is 0 Å². The van der Waals surface area contributed by atoms with Gasteiger partial charge in [0, 0.05) is 0 Å². The van der Waals surface area contributed by atoms with E-state index in [0.717, 1.165) is 16.7 Å². The van der Waals surface area contributed by atoms with Crippen LogP contribution in [0.4, 0.5) is 0 Å². The molecule has 16 heavy (non-hydrogen) atoms. The predicted octanol–water partition coefficient (Wildman–Crippen LogP) is 2.87. The molecule has 1 aromatic carbocycles. The second-order valence-electron chi connectivity index (χ2n) is 3.38. The van der Waals surface area contributed by atoms with Crippen LogP contribution < -0.4 is 0 Å². The number of aromatic nitrogens is 3. The molecular formula is C12H7ClN3. The molecule has 3 rings (SSSR count). The van der Waals surface area contributed by atoms with E-state index in [9.17, 15) is 0 Å². The van der Waals surface area contributed by atoms with Gasteiger partial charge in [-0.05, 0) is 24.3 Å². The number of rotatable bonds is 1. The summed E-state index contributed by atoms with van der Waals surface area (Å²) >= 11 is 5.75. The summed E-state index contributed by atoms with van der Waals surface area (Å²) in [4.78, 5) is 8.23. The minimum atomic E-state index is 0.480. The summed E-state index contributed by atoms with van der Waals surface area (Å²) in [6.45, 7) is 0. The van der Waals surface area contributed by atoms with Crippen LogP contribution in [0.5, 0.6) is 0 Å². The van der Waals surface area contributed by atoms with Crippen molar-refractivity contribution in [2.45, 2.75) is 0 Å². The van der Waals surface area contributed by atoms with Crippen molar-refractivity contribution < 1.29 is 0 Å². The molecule has 0 aliphatic heterocycles. The van der Waals surface area contributed by atoms with E-state index in [0.29, 0.717) is 5.15 Å². The zero-order valence-corrected chi connectivity index (χ0v) is 9.02. The van der Waals surface area contributed by atoms with Gasteiger partial charge >= 0.3 is 0 Å². The van der Waals surface area contributed by atoms with Crippen LogP contribution in [0.1, 0.15) is 0 Å². The highest BCUT2D eigenvalue weighted by Gasteiger charge is 2.04. The molecule has 0 spiro atoms. The van der Waals surface area contributed by atoms with E-state index in [1.54, 1.807) is 12.3 Å². The molecule has 3 nitrogen and oxygen atoms in total. The van der Waals surface area contributed by atoms with Crippen LogP contribution >= 0.6 is 11.6 Å². The lowest BCUT2D eigenvalue weighted by Gasteiger charge is -2.02. The zero-order chi connectivity index (χ0) is 11.0. The van der Waals surface area contributed by atoms with Crippen LogP contribution in [-0.4, -0.2) is 14.5 Å². The number of para-hydroxylation sites is 2. The lowest BCUT2D eigenvalue weighted by atomic mass is 10.3. The highest BCUT2D eigenvalue weighted by Crippen LogP contribution is 2.17. The third kappa shape index (κ3) is 1.46. The maximum atomic E-state index is 5.75. The van der Waals surface area contributed by atoms with Crippen molar-refractivity contribution in [1.29, 1.82) is 0 Å². The Hall–Kier alpha value is -1.87. The monoisotopic (exact) mass is 228 g/mol. The average molecular weight is 229 g/mol. The molecule has 2 heterocycles. The SMILES string of the molecule is Clc1ccc(-n2[c]nc3ccccc32)cn1. The van der Waals surface area contributed by atoms with Crippen molar-refractivity contribution >= 4 is 22.6 Å². The van der Waals surface area contributed by atoms with Crippen molar-refractivity contribution in [1.82, 2.24) is 14.5 Å². The molecule has 0 saturated heterocycles. The second-order valence-corrected chi connectivity index (χ2v) is 3.76. The Morgan fingerprint density at radius 3 is 2.81 bits per heavy atom. The molecule has 0 unspecified atom stereocenters. The second kappa shape index (κ2) is 3.61. The maximum absolute atomic E-state index is 5.75. The molecule has 0 amide bonds. The first-order valence-electron chi connectivity index (χ1n) is 4.82. The van der Waals surface area contributed by atoms with Gasteiger partial charge in [-0.25, -0.2) is 9.97 Å². The van der Waals surface area contributed by atoms with Gasteiger partial charge in [-0.2, -0.15) is 0 Å². The van der Waals surface area contributed by atoms with Gasteiger partial charge in [0.2, 0.25) is 0 Å². The molecule has 0 fully saturated rings. The first kappa shape index (κ1) is 9.36. The minimum Gasteiger partial charge on any atom is -0.288 e. The standard InChI is InChI=1S/C12H7ClN3/c13-12-6-5-9(7-14-12)16-8-15-10-3-1-2-4-11(10)16/h1-7H. The Bertz CT molecular complexity index is 628. The lowest BCUT2D eigenvalue weighted by molar-refractivity contribution is 1.06. The predicted molar refractivity (Wildman–Crippen MR) is 62.7 cm³/mol. The molecule has 3 aromatic rings. The fourth-order valence-corrected chi connectivity index (χ4v) is 1.71. The number of nitrogens with zero attached hydrogens (tertiary/aromatic N) is 3. The first-order chi connectivity index (χ1) is 7.84. The highest BCUT2D eigenvalue weighted by molar-refractivity contribution is 6.29. The number of hydrogen-bond acceptors (Lipinski definition) is 2. The van der Waals surface area contributed by atoms with Gasteiger partial charge in [-0.1, -0.05) is 23.7 Å². The van der Waals surface area contributed by atoms with E-state index in [-0.39, 0.29) is 0 Å². The van der Waals surface area contributed by atoms with Crippen molar-refractivity contribution in [3.8, 4) is 5.69 Å².